The van der Waals surface area contributed by atoms with Crippen LogP contribution in [0.3, 0.4) is 0 Å². The normalized spacial score (nSPS) is 12.2. The average Bonchev–Trinajstić information content (AvgIpc) is 3.29. The highest BCUT2D eigenvalue weighted by Crippen LogP contribution is 2.34. The first-order valence-electron chi connectivity index (χ1n) is 8.31. The van der Waals surface area contributed by atoms with Gasteiger partial charge >= 0.3 is 0 Å². The molecule has 0 radical (unpaired) electrons. The number of nitrogens with zero attached hydrogens (tertiary/aromatic N) is 2. The summed E-state index contributed by atoms with van der Waals surface area (Å²) in [5, 5.41) is 6.79. The minimum atomic E-state index is -0.133. The van der Waals surface area contributed by atoms with Gasteiger partial charge in [0.25, 0.3) is 0 Å². The van der Waals surface area contributed by atoms with Crippen LogP contribution in [0.25, 0.3) is 0 Å². The van der Waals surface area contributed by atoms with Crippen molar-refractivity contribution < 1.29 is 18.8 Å². The topological polar surface area (TPSA) is 86.5 Å². The molecule has 1 aliphatic heterocycles. The number of carbonyl (C=O) groups excluding carboxylic acids is 1. The van der Waals surface area contributed by atoms with Crippen LogP contribution in [0.5, 0.6) is 11.5 Å². The summed E-state index contributed by atoms with van der Waals surface area (Å²) in [4.78, 5) is 16.4. The van der Waals surface area contributed by atoms with Crippen LogP contribution in [0.4, 0.5) is 5.69 Å². The van der Waals surface area contributed by atoms with Crippen molar-refractivity contribution in [2.75, 3.05) is 12.1 Å². The van der Waals surface area contributed by atoms with Gasteiger partial charge in [-0.3, -0.25) is 4.79 Å². The van der Waals surface area contributed by atoms with Crippen LogP contribution in [-0.4, -0.2) is 22.8 Å². The Labute approximate surface area is 149 Å². The van der Waals surface area contributed by atoms with Crippen LogP contribution in [0.2, 0.25) is 0 Å². The number of carbonyl (C=O) groups is 1. The van der Waals surface area contributed by atoms with E-state index < -0.39 is 0 Å². The van der Waals surface area contributed by atoms with Gasteiger partial charge < -0.3 is 19.3 Å². The van der Waals surface area contributed by atoms with E-state index in [2.05, 4.69) is 15.5 Å². The van der Waals surface area contributed by atoms with Gasteiger partial charge in [0.1, 0.15) is 0 Å². The standard InChI is InChI=1S/C19H17N3O4/c23-18(20-14-6-7-15-16(11-14)25-12-24-15)8-9-19-21-17(22-26-19)10-13-4-2-1-3-5-13/h1-7,11H,8-10,12H2,(H,20,23). The molecule has 1 amide bonds. The Morgan fingerprint density at radius 2 is 1.92 bits per heavy atom. The first-order valence-corrected chi connectivity index (χ1v) is 8.31. The zero-order valence-corrected chi connectivity index (χ0v) is 14.0. The van der Waals surface area contributed by atoms with Gasteiger partial charge in [-0.15, -0.1) is 0 Å². The number of hydrogen-bond acceptors (Lipinski definition) is 6. The van der Waals surface area contributed by atoms with Gasteiger partial charge in [-0.1, -0.05) is 35.5 Å². The number of amides is 1. The van der Waals surface area contributed by atoms with Crippen LogP contribution in [0, 0.1) is 0 Å². The lowest BCUT2D eigenvalue weighted by molar-refractivity contribution is -0.116. The third-order valence-corrected chi connectivity index (χ3v) is 3.94. The number of hydrogen-bond donors (Lipinski definition) is 1. The molecule has 1 aromatic heterocycles. The SMILES string of the molecule is O=C(CCc1nc(Cc2ccccc2)no1)Nc1ccc2c(c1)OCO2. The van der Waals surface area contributed by atoms with E-state index in [9.17, 15) is 4.79 Å². The van der Waals surface area contributed by atoms with Gasteiger partial charge in [-0.2, -0.15) is 4.98 Å². The molecule has 0 fully saturated rings. The predicted octanol–water partition coefficient (Wildman–Crippen LogP) is 2.96. The molecule has 1 N–H and O–H groups in total. The molecular formula is C19H17N3O4. The molecule has 1 aliphatic rings. The fourth-order valence-electron chi connectivity index (χ4n) is 2.66. The molecule has 7 nitrogen and oxygen atoms in total. The number of anilines is 1. The minimum absolute atomic E-state index is 0.133. The molecule has 0 spiro atoms. The average molecular weight is 351 g/mol. The number of ether oxygens (including phenoxy) is 2. The van der Waals surface area contributed by atoms with Crippen molar-refractivity contribution >= 4 is 11.6 Å². The molecule has 2 aromatic carbocycles. The van der Waals surface area contributed by atoms with Crippen LogP contribution in [0.15, 0.2) is 53.1 Å². The summed E-state index contributed by atoms with van der Waals surface area (Å²) in [6, 6.07) is 15.2. The lowest BCUT2D eigenvalue weighted by atomic mass is 10.1. The highest BCUT2D eigenvalue weighted by atomic mass is 16.7. The van der Waals surface area contributed by atoms with Crippen LogP contribution < -0.4 is 14.8 Å². The number of fused-ring (bicyclic) bond motifs is 1. The van der Waals surface area contributed by atoms with Crippen molar-refractivity contribution in [1.29, 1.82) is 0 Å². The summed E-state index contributed by atoms with van der Waals surface area (Å²) in [5.74, 6) is 2.25. The van der Waals surface area contributed by atoms with Crippen molar-refractivity contribution in [3.8, 4) is 11.5 Å². The Morgan fingerprint density at radius 3 is 2.81 bits per heavy atom. The fraction of sp³-hybridized carbons (Fsp3) is 0.211. The third-order valence-electron chi connectivity index (χ3n) is 3.94. The number of aromatic nitrogens is 2. The van der Waals surface area contributed by atoms with E-state index in [1.54, 1.807) is 18.2 Å². The summed E-state index contributed by atoms with van der Waals surface area (Å²) in [7, 11) is 0. The smallest absolute Gasteiger partial charge is 0.231 e. The van der Waals surface area contributed by atoms with Gasteiger partial charge in [-0.25, -0.2) is 0 Å². The first-order chi connectivity index (χ1) is 12.8. The summed E-state index contributed by atoms with van der Waals surface area (Å²) in [5.41, 5.74) is 1.77. The van der Waals surface area contributed by atoms with Crippen molar-refractivity contribution in [3.05, 3.63) is 65.8 Å². The van der Waals surface area contributed by atoms with E-state index in [0.29, 0.717) is 41.7 Å². The molecule has 0 bridgehead atoms. The largest absolute Gasteiger partial charge is 0.454 e. The molecule has 2 heterocycles. The molecule has 0 aliphatic carbocycles. The van der Waals surface area contributed by atoms with E-state index in [4.69, 9.17) is 14.0 Å². The maximum absolute atomic E-state index is 12.1. The van der Waals surface area contributed by atoms with E-state index in [1.807, 2.05) is 30.3 Å². The Hall–Kier alpha value is -3.35. The first kappa shape index (κ1) is 16.1. The van der Waals surface area contributed by atoms with Gasteiger partial charge in [0.2, 0.25) is 18.6 Å². The highest BCUT2D eigenvalue weighted by Gasteiger charge is 2.15. The Bertz CT molecular complexity index is 908. The molecule has 4 rings (SSSR count). The minimum Gasteiger partial charge on any atom is -0.454 e. The Morgan fingerprint density at radius 1 is 1.08 bits per heavy atom. The second-order valence-corrected chi connectivity index (χ2v) is 5.88. The van der Waals surface area contributed by atoms with Crippen LogP contribution in [-0.2, 0) is 17.6 Å². The third kappa shape index (κ3) is 3.83. The van der Waals surface area contributed by atoms with E-state index in [-0.39, 0.29) is 19.1 Å². The summed E-state index contributed by atoms with van der Waals surface area (Å²) >= 11 is 0. The van der Waals surface area contributed by atoms with Gasteiger partial charge in [-0.05, 0) is 17.7 Å². The number of rotatable bonds is 6. The molecule has 3 aromatic rings. The summed E-state index contributed by atoms with van der Waals surface area (Å²) in [6.07, 6.45) is 1.24. The maximum atomic E-state index is 12.1. The quantitative estimate of drug-likeness (QED) is 0.735. The molecule has 0 atom stereocenters. The predicted molar refractivity (Wildman–Crippen MR) is 93.1 cm³/mol. The zero-order chi connectivity index (χ0) is 17.8. The zero-order valence-electron chi connectivity index (χ0n) is 14.0. The molecule has 0 saturated carbocycles. The Kier molecular flexibility index (Phi) is 4.51. The number of nitrogens with one attached hydrogen (secondary N) is 1. The van der Waals surface area contributed by atoms with E-state index in [1.165, 1.54) is 0 Å². The number of aryl methyl sites for hydroxylation is 1. The van der Waals surface area contributed by atoms with Crippen LogP contribution in [0.1, 0.15) is 23.7 Å². The van der Waals surface area contributed by atoms with Crippen molar-refractivity contribution in [2.24, 2.45) is 0 Å². The molecule has 0 unspecified atom stereocenters. The van der Waals surface area contributed by atoms with Crippen molar-refractivity contribution in [1.82, 2.24) is 10.1 Å². The van der Waals surface area contributed by atoms with E-state index in [0.717, 1.165) is 5.56 Å². The lowest BCUT2D eigenvalue weighted by Gasteiger charge is -2.05. The molecular weight excluding hydrogens is 334 g/mol. The highest BCUT2D eigenvalue weighted by molar-refractivity contribution is 5.91. The van der Waals surface area contributed by atoms with E-state index >= 15 is 0 Å². The Balaban J connectivity index is 1.29. The van der Waals surface area contributed by atoms with Crippen LogP contribution >= 0.6 is 0 Å². The van der Waals surface area contributed by atoms with Crippen molar-refractivity contribution in [2.45, 2.75) is 19.3 Å². The fourth-order valence-corrected chi connectivity index (χ4v) is 2.66. The maximum Gasteiger partial charge on any atom is 0.231 e. The number of benzene rings is 2. The second kappa shape index (κ2) is 7.26. The monoisotopic (exact) mass is 351 g/mol. The molecule has 0 saturated heterocycles. The molecule has 26 heavy (non-hydrogen) atoms. The van der Waals surface area contributed by atoms with Crippen molar-refractivity contribution in [3.63, 3.8) is 0 Å². The lowest BCUT2D eigenvalue weighted by Crippen LogP contribution is -2.12. The van der Waals surface area contributed by atoms with Gasteiger partial charge in [0.15, 0.2) is 17.3 Å². The second-order valence-electron chi connectivity index (χ2n) is 5.88. The molecule has 132 valence electrons. The van der Waals surface area contributed by atoms with Gasteiger partial charge in [0, 0.05) is 31.0 Å². The summed E-state index contributed by atoms with van der Waals surface area (Å²) in [6.45, 7) is 0.204. The summed E-state index contributed by atoms with van der Waals surface area (Å²) < 4.78 is 15.8. The van der Waals surface area contributed by atoms with Gasteiger partial charge in [0.05, 0.1) is 0 Å². The molecule has 7 heteroatoms.